The van der Waals surface area contributed by atoms with E-state index in [-0.39, 0.29) is 4.90 Å². The quantitative estimate of drug-likeness (QED) is 0.352. The molecule has 3 N–H and O–H groups in total. The molecule has 3 aromatic carbocycles. The lowest BCUT2D eigenvalue weighted by Gasteiger charge is -2.21. The highest BCUT2D eigenvalue weighted by Crippen LogP contribution is 2.29. The van der Waals surface area contributed by atoms with Crippen LogP contribution in [0.1, 0.15) is 19.4 Å². The fourth-order valence-electron chi connectivity index (χ4n) is 3.06. The summed E-state index contributed by atoms with van der Waals surface area (Å²) in [6, 6.07) is 19.1. The summed E-state index contributed by atoms with van der Waals surface area (Å²) in [5, 5.41) is 8.44. The zero-order chi connectivity index (χ0) is 22.4. The topological polar surface area (TPSA) is 100 Å². The molecule has 0 aliphatic carbocycles. The predicted molar refractivity (Wildman–Crippen MR) is 127 cm³/mol. The Hall–Kier alpha value is -3.39. The first-order valence-electron chi connectivity index (χ1n) is 10.1. The molecule has 0 unspecified atom stereocenters. The Bertz CT molecular complexity index is 1150. The fourth-order valence-corrected chi connectivity index (χ4v) is 4.12. The lowest BCUT2D eigenvalue weighted by molar-refractivity contribution is 0.601. The molecule has 0 aliphatic rings. The molecule has 0 aromatic heterocycles. The molecule has 0 atom stereocenters. The van der Waals surface area contributed by atoms with Gasteiger partial charge in [-0.2, -0.15) is 5.11 Å². The maximum atomic E-state index is 12.5. The number of hydrogen-bond donors (Lipinski definition) is 2. The van der Waals surface area contributed by atoms with Gasteiger partial charge in [0.2, 0.25) is 0 Å². The molecular weight excluding hydrogens is 410 g/mol. The van der Waals surface area contributed by atoms with Gasteiger partial charge in [-0.25, -0.2) is 8.42 Å². The number of azo groups is 1. The number of nitrogens with two attached hydrogens (primary N) is 1. The van der Waals surface area contributed by atoms with E-state index in [0.717, 1.165) is 24.3 Å². The summed E-state index contributed by atoms with van der Waals surface area (Å²) in [4.78, 5) is 2.42. The van der Waals surface area contributed by atoms with Gasteiger partial charge in [0.15, 0.2) is 0 Å². The van der Waals surface area contributed by atoms with Crippen molar-refractivity contribution in [3.8, 4) is 0 Å². The Labute approximate surface area is 183 Å². The van der Waals surface area contributed by atoms with Crippen molar-refractivity contribution >= 4 is 38.5 Å². The summed E-state index contributed by atoms with van der Waals surface area (Å²) in [5.74, 6) is 0. The predicted octanol–water partition coefficient (Wildman–Crippen LogP) is 5.64. The third kappa shape index (κ3) is 5.61. The number of benzene rings is 3. The maximum Gasteiger partial charge on any atom is 0.261 e. The van der Waals surface area contributed by atoms with Crippen LogP contribution < -0.4 is 15.4 Å². The highest BCUT2D eigenvalue weighted by molar-refractivity contribution is 7.92. The smallest absolute Gasteiger partial charge is 0.261 e. The van der Waals surface area contributed by atoms with Crippen molar-refractivity contribution < 1.29 is 8.42 Å². The highest BCUT2D eigenvalue weighted by Gasteiger charge is 2.13. The second kappa shape index (κ2) is 9.61. The average Bonchev–Trinajstić information content (AvgIpc) is 2.75. The van der Waals surface area contributed by atoms with Crippen LogP contribution in [0.4, 0.5) is 28.4 Å². The monoisotopic (exact) mass is 437 g/mol. The van der Waals surface area contributed by atoms with E-state index in [4.69, 9.17) is 5.73 Å². The number of anilines is 3. The van der Waals surface area contributed by atoms with Gasteiger partial charge in [-0.05, 0) is 75.4 Å². The van der Waals surface area contributed by atoms with E-state index in [1.54, 1.807) is 48.5 Å². The summed E-state index contributed by atoms with van der Waals surface area (Å²) in [7, 11) is -3.64. The van der Waals surface area contributed by atoms with Crippen molar-refractivity contribution in [2.75, 3.05) is 28.4 Å². The van der Waals surface area contributed by atoms with E-state index >= 15 is 0 Å². The van der Waals surface area contributed by atoms with E-state index in [1.165, 1.54) is 0 Å². The number of nitrogens with one attached hydrogen (secondary N) is 1. The standard InChI is InChI=1S/C23H27N5O2S/c1-4-28(5-2)20-12-15-23(22(24)16-20)26-25-18-8-10-19(11-9-18)27-31(29,30)21-13-6-17(3)7-14-21/h6-16,27H,4-5,24H2,1-3H3/b26-25+. The number of nitrogens with zero attached hydrogens (tertiary/aromatic N) is 3. The molecule has 3 aromatic rings. The molecule has 0 saturated heterocycles. The van der Waals surface area contributed by atoms with Gasteiger partial charge in [0, 0.05) is 24.5 Å². The van der Waals surface area contributed by atoms with Gasteiger partial charge in [-0.1, -0.05) is 17.7 Å². The summed E-state index contributed by atoms with van der Waals surface area (Å²) < 4.78 is 27.6. The number of sulfonamides is 1. The van der Waals surface area contributed by atoms with Gasteiger partial charge < -0.3 is 10.6 Å². The lowest BCUT2D eigenvalue weighted by Crippen LogP contribution is -2.21. The van der Waals surface area contributed by atoms with Crippen LogP contribution in [0.5, 0.6) is 0 Å². The molecule has 7 nitrogen and oxygen atoms in total. The maximum absolute atomic E-state index is 12.5. The molecule has 0 heterocycles. The summed E-state index contributed by atoms with van der Waals surface area (Å²) in [6.07, 6.45) is 0. The van der Waals surface area contributed by atoms with Crippen molar-refractivity contribution in [2.24, 2.45) is 10.2 Å². The van der Waals surface area contributed by atoms with Gasteiger partial charge in [0.05, 0.1) is 16.3 Å². The van der Waals surface area contributed by atoms with E-state index in [2.05, 4.69) is 33.7 Å². The number of hydrogen-bond acceptors (Lipinski definition) is 6. The Morgan fingerprint density at radius 2 is 1.55 bits per heavy atom. The van der Waals surface area contributed by atoms with Crippen LogP contribution in [0.25, 0.3) is 0 Å². The van der Waals surface area contributed by atoms with Crippen LogP contribution in [0, 0.1) is 6.92 Å². The van der Waals surface area contributed by atoms with E-state index < -0.39 is 10.0 Å². The summed E-state index contributed by atoms with van der Waals surface area (Å²) in [6.45, 7) is 7.90. The first-order valence-corrected chi connectivity index (χ1v) is 11.6. The van der Waals surface area contributed by atoms with Crippen LogP contribution >= 0.6 is 0 Å². The molecule has 162 valence electrons. The Morgan fingerprint density at radius 3 is 2.13 bits per heavy atom. The highest BCUT2D eigenvalue weighted by atomic mass is 32.2. The van der Waals surface area contributed by atoms with Crippen molar-refractivity contribution in [3.05, 3.63) is 72.3 Å². The SMILES string of the molecule is CCN(CC)c1ccc(/N=N/c2ccc(NS(=O)(=O)c3ccc(C)cc3)cc2)c(N)c1. The van der Waals surface area contributed by atoms with Crippen LogP contribution in [0.15, 0.2) is 81.9 Å². The second-order valence-corrected chi connectivity index (χ2v) is 8.76. The Balaban J connectivity index is 1.70. The average molecular weight is 438 g/mol. The molecule has 0 aliphatic heterocycles. The zero-order valence-electron chi connectivity index (χ0n) is 17.9. The van der Waals surface area contributed by atoms with Crippen molar-refractivity contribution in [1.29, 1.82) is 0 Å². The summed E-state index contributed by atoms with van der Waals surface area (Å²) in [5.41, 5.74) is 10.3. The zero-order valence-corrected chi connectivity index (χ0v) is 18.7. The third-order valence-electron chi connectivity index (χ3n) is 4.86. The van der Waals surface area contributed by atoms with Gasteiger partial charge in [-0.15, -0.1) is 5.11 Å². The molecule has 0 spiro atoms. The summed E-state index contributed by atoms with van der Waals surface area (Å²) >= 11 is 0. The number of aryl methyl sites for hydroxylation is 1. The number of rotatable bonds is 8. The largest absolute Gasteiger partial charge is 0.397 e. The van der Waals surface area contributed by atoms with E-state index in [0.29, 0.717) is 22.7 Å². The molecule has 0 radical (unpaired) electrons. The van der Waals surface area contributed by atoms with Gasteiger partial charge in [-0.3, -0.25) is 4.72 Å². The Morgan fingerprint density at radius 1 is 0.903 bits per heavy atom. The number of nitrogen functional groups attached to an aromatic ring is 1. The van der Waals surface area contributed by atoms with Crippen molar-refractivity contribution in [1.82, 2.24) is 0 Å². The fraction of sp³-hybridized carbons (Fsp3) is 0.217. The van der Waals surface area contributed by atoms with Crippen LogP contribution in [-0.2, 0) is 10.0 Å². The van der Waals surface area contributed by atoms with E-state index in [9.17, 15) is 8.42 Å². The van der Waals surface area contributed by atoms with Crippen LogP contribution in [-0.4, -0.2) is 21.5 Å². The molecule has 8 heteroatoms. The van der Waals surface area contributed by atoms with Crippen LogP contribution in [0.3, 0.4) is 0 Å². The minimum absolute atomic E-state index is 0.213. The molecule has 0 fully saturated rings. The molecule has 0 amide bonds. The minimum atomic E-state index is -3.64. The lowest BCUT2D eigenvalue weighted by atomic mass is 10.2. The van der Waals surface area contributed by atoms with E-state index in [1.807, 2.05) is 25.1 Å². The Kier molecular flexibility index (Phi) is 6.91. The van der Waals surface area contributed by atoms with Crippen LogP contribution in [0.2, 0.25) is 0 Å². The third-order valence-corrected chi connectivity index (χ3v) is 6.26. The molecular formula is C23H27N5O2S. The first-order chi connectivity index (χ1) is 14.8. The van der Waals surface area contributed by atoms with Crippen molar-refractivity contribution in [3.63, 3.8) is 0 Å². The van der Waals surface area contributed by atoms with Gasteiger partial charge >= 0.3 is 0 Å². The molecule has 0 bridgehead atoms. The molecule has 3 rings (SSSR count). The van der Waals surface area contributed by atoms with Gasteiger partial charge in [0.25, 0.3) is 10.0 Å². The van der Waals surface area contributed by atoms with Gasteiger partial charge in [0.1, 0.15) is 5.69 Å². The molecule has 31 heavy (non-hydrogen) atoms. The van der Waals surface area contributed by atoms with Crippen molar-refractivity contribution in [2.45, 2.75) is 25.7 Å². The second-order valence-electron chi connectivity index (χ2n) is 7.08. The minimum Gasteiger partial charge on any atom is -0.397 e. The normalized spacial score (nSPS) is 11.6. The first kappa shape index (κ1) is 22.3. The molecule has 0 saturated carbocycles.